The van der Waals surface area contributed by atoms with Crippen LogP contribution >= 0.6 is 0 Å². The summed E-state index contributed by atoms with van der Waals surface area (Å²) in [6, 6.07) is 3.83. The van der Waals surface area contributed by atoms with Crippen molar-refractivity contribution in [1.29, 1.82) is 0 Å². The fourth-order valence-electron chi connectivity index (χ4n) is 1.34. The highest BCUT2D eigenvalue weighted by molar-refractivity contribution is 5.53. The van der Waals surface area contributed by atoms with E-state index in [9.17, 15) is 0 Å². The van der Waals surface area contributed by atoms with Crippen molar-refractivity contribution in [3.05, 3.63) is 55.1 Å². The second-order valence-electron chi connectivity index (χ2n) is 3.15. The summed E-state index contributed by atoms with van der Waals surface area (Å²) in [5, 5.41) is 0. The minimum absolute atomic E-state index is 0.705. The average Bonchev–Trinajstić information content (AvgIpc) is 2.31. The number of hydrogen-bond acceptors (Lipinski definition) is 3. The Balaban J connectivity index is 2.37. The number of hydrogen-bond donors (Lipinski definition) is 0. The minimum Gasteiger partial charge on any atom is -0.264 e. The Bertz CT molecular complexity index is 451. The van der Waals surface area contributed by atoms with Gasteiger partial charge in [-0.1, -0.05) is 6.08 Å². The number of rotatable bonds is 3. The number of aromatic nitrogens is 3. The molecule has 0 unspecified atom stereocenters. The molecule has 0 aliphatic rings. The molecule has 2 heterocycles. The molecule has 0 saturated heterocycles. The molecule has 2 rings (SSSR count). The third kappa shape index (κ3) is 2.26. The second-order valence-corrected chi connectivity index (χ2v) is 3.15. The summed E-state index contributed by atoms with van der Waals surface area (Å²) < 4.78 is 0. The maximum atomic E-state index is 4.17. The molecule has 0 saturated carbocycles. The van der Waals surface area contributed by atoms with Crippen molar-refractivity contribution in [3.8, 4) is 11.4 Å². The van der Waals surface area contributed by atoms with E-state index in [1.54, 1.807) is 24.7 Å². The molecule has 74 valence electrons. The topological polar surface area (TPSA) is 38.7 Å². The highest BCUT2D eigenvalue weighted by Gasteiger charge is 2.00. The van der Waals surface area contributed by atoms with Crippen LogP contribution in [0, 0.1) is 0 Å². The van der Waals surface area contributed by atoms with E-state index in [2.05, 4.69) is 21.5 Å². The molecular weight excluding hydrogens is 186 g/mol. The first kappa shape index (κ1) is 9.52. The summed E-state index contributed by atoms with van der Waals surface area (Å²) in [4.78, 5) is 12.5. The van der Waals surface area contributed by atoms with Gasteiger partial charge in [0.2, 0.25) is 0 Å². The quantitative estimate of drug-likeness (QED) is 0.708. The normalized spacial score (nSPS) is 9.87. The summed E-state index contributed by atoms with van der Waals surface area (Å²) in [5.74, 6) is 0.705. The molecular formula is C12H11N3. The lowest BCUT2D eigenvalue weighted by Crippen LogP contribution is -1.90. The first-order valence-corrected chi connectivity index (χ1v) is 4.72. The van der Waals surface area contributed by atoms with Gasteiger partial charge in [0.25, 0.3) is 0 Å². The van der Waals surface area contributed by atoms with E-state index in [0.29, 0.717) is 5.82 Å². The lowest BCUT2D eigenvalue weighted by molar-refractivity contribution is 1.14. The molecule has 0 radical (unpaired) electrons. The smallest absolute Gasteiger partial charge is 0.160 e. The van der Waals surface area contributed by atoms with Crippen LogP contribution in [0.4, 0.5) is 0 Å². The van der Waals surface area contributed by atoms with Crippen molar-refractivity contribution in [3.63, 3.8) is 0 Å². The van der Waals surface area contributed by atoms with E-state index in [1.807, 2.05) is 18.3 Å². The van der Waals surface area contributed by atoms with E-state index in [-0.39, 0.29) is 0 Å². The first-order valence-electron chi connectivity index (χ1n) is 4.72. The van der Waals surface area contributed by atoms with Gasteiger partial charge in [0.1, 0.15) is 0 Å². The summed E-state index contributed by atoms with van der Waals surface area (Å²) >= 11 is 0. The van der Waals surface area contributed by atoms with Crippen LogP contribution in [0.15, 0.2) is 49.6 Å². The Morgan fingerprint density at radius 1 is 1.20 bits per heavy atom. The molecule has 0 atom stereocenters. The SMILES string of the molecule is C=CCc1cncc(-c2ncccn2)c1. The van der Waals surface area contributed by atoms with Crippen molar-refractivity contribution in [1.82, 2.24) is 15.0 Å². The zero-order valence-electron chi connectivity index (χ0n) is 8.30. The molecule has 0 N–H and O–H groups in total. The zero-order chi connectivity index (χ0) is 10.5. The Hall–Kier alpha value is -2.03. The first-order chi connectivity index (χ1) is 7.40. The van der Waals surface area contributed by atoms with Gasteiger partial charge >= 0.3 is 0 Å². The predicted molar refractivity (Wildman–Crippen MR) is 59.2 cm³/mol. The highest BCUT2D eigenvalue weighted by Crippen LogP contribution is 2.14. The third-order valence-corrected chi connectivity index (χ3v) is 2.00. The van der Waals surface area contributed by atoms with E-state index >= 15 is 0 Å². The van der Waals surface area contributed by atoms with Gasteiger partial charge in [-0.3, -0.25) is 4.98 Å². The van der Waals surface area contributed by atoms with Crippen LogP contribution in [0.1, 0.15) is 5.56 Å². The van der Waals surface area contributed by atoms with Crippen LogP contribution < -0.4 is 0 Å². The maximum Gasteiger partial charge on any atom is 0.160 e. The van der Waals surface area contributed by atoms with Crippen LogP contribution in [0.3, 0.4) is 0 Å². The Kier molecular flexibility index (Phi) is 2.83. The lowest BCUT2D eigenvalue weighted by atomic mass is 10.1. The van der Waals surface area contributed by atoms with Gasteiger partial charge in [-0.2, -0.15) is 0 Å². The molecule has 15 heavy (non-hydrogen) atoms. The van der Waals surface area contributed by atoms with E-state index in [4.69, 9.17) is 0 Å². The summed E-state index contributed by atoms with van der Waals surface area (Å²) in [6.07, 6.45) is 9.71. The van der Waals surface area contributed by atoms with Crippen LogP contribution in [0.25, 0.3) is 11.4 Å². The minimum atomic E-state index is 0.705. The monoisotopic (exact) mass is 197 g/mol. The van der Waals surface area contributed by atoms with Gasteiger partial charge in [0.15, 0.2) is 5.82 Å². The second kappa shape index (κ2) is 4.46. The molecule has 0 bridgehead atoms. The highest BCUT2D eigenvalue weighted by atomic mass is 14.9. The van der Waals surface area contributed by atoms with Gasteiger partial charge in [-0.25, -0.2) is 9.97 Å². The molecule has 2 aromatic rings. The number of allylic oxidation sites excluding steroid dienone is 1. The zero-order valence-corrected chi connectivity index (χ0v) is 8.30. The van der Waals surface area contributed by atoms with Crippen molar-refractivity contribution in [2.24, 2.45) is 0 Å². The predicted octanol–water partition coefficient (Wildman–Crippen LogP) is 2.27. The lowest BCUT2D eigenvalue weighted by Gasteiger charge is -2.00. The number of nitrogens with zero attached hydrogens (tertiary/aromatic N) is 3. The number of pyridine rings is 1. The summed E-state index contributed by atoms with van der Waals surface area (Å²) in [6.45, 7) is 3.70. The van der Waals surface area contributed by atoms with Crippen molar-refractivity contribution in [2.45, 2.75) is 6.42 Å². The molecule has 0 aliphatic carbocycles. The third-order valence-electron chi connectivity index (χ3n) is 2.00. The Morgan fingerprint density at radius 2 is 2.00 bits per heavy atom. The molecule has 3 nitrogen and oxygen atoms in total. The van der Waals surface area contributed by atoms with Crippen LogP contribution in [0.5, 0.6) is 0 Å². The summed E-state index contributed by atoms with van der Waals surface area (Å²) in [7, 11) is 0. The Labute approximate surface area is 88.6 Å². The molecule has 0 fully saturated rings. The molecule has 2 aromatic heterocycles. The van der Waals surface area contributed by atoms with Crippen molar-refractivity contribution in [2.75, 3.05) is 0 Å². The molecule has 0 spiro atoms. The average molecular weight is 197 g/mol. The maximum absolute atomic E-state index is 4.17. The van der Waals surface area contributed by atoms with Gasteiger partial charge < -0.3 is 0 Å². The van der Waals surface area contributed by atoms with Gasteiger partial charge in [-0.15, -0.1) is 6.58 Å². The van der Waals surface area contributed by atoms with E-state index in [0.717, 1.165) is 17.5 Å². The van der Waals surface area contributed by atoms with E-state index in [1.165, 1.54) is 0 Å². The van der Waals surface area contributed by atoms with Gasteiger partial charge in [0, 0.05) is 30.4 Å². The molecule has 0 aliphatic heterocycles. The largest absolute Gasteiger partial charge is 0.264 e. The van der Waals surface area contributed by atoms with Crippen LogP contribution in [-0.4, -0.2) is 15.0 Å². The molecule has 0 amide bonds. The standard InChI is InChI=1S/C12H11N3/c1-2-4-10-7-11(9-13-8-10)12-14-5-3-6-15-12/h2-3,5-9H,1,4H2. The molecule has 3 heteroatoms. The fraction of sp³-hybridized carbons (Fsp3) is 0.0833. The van der Waals surface area contributed by atoms with Crippen LogP contribution in [0.2, 0.25) is 0 Å². The van der Waals surface area contributed by atoms with E-state index < -0.39 is 0 Å². The summed E-state index contributed by atoms with van der Waals surface area (Å²) in [5.41, 5.74) is 2.06. The van der Waals surface area contributed by atoms with Crippen molar-refractivity contribution < 1.29 is 0 Å². The van der Waals surface area contributed by atoms with Crippen molar-refractivity contribution >= 4 is 0 Å². The van der Waals surface area contributed by atoms with Gasteiger partial charge in [0.05, 0.1) is 0 Å². The van der Waals surface area contributed by atoms with Gasteiger partial charge in [-0.05, 0) is 24.1 Å². The van der Waals surface area contributed by atoms with Crippen LogP contribution in [-0.2, 0) is 6.42 Å². The Morgan fingerprint density at radius 3 is 2.73 bits per heavy atom. The molecule has 0 aromatic carbocycles. The fourth-order valence-corrected chi connectivity index (χ4v) is 1.34.